The van der Waals surface area contributed by atoms with Crippen LogP contribution in [0.15, 0.2) is 28.7 Å². The second kappa shape index (κ2) is 9.88. The highest BCUT2D eigenvalue weighted by atomic mass is 19.1. The van der Waals surface area contributed by atoms with Crippen molar-refractivity contribution in [3.63, 3.8) is 0 Å². The third-order valence-corrected chi connectivity index (χ3v) is 3.79. The molecule has 1 aromatic heterocycles. The van der Waals surface area contributed by atoms with E-state index < -0.39 is 0 Å². The number of rotatable bonds is 10. The van der Waals surface area contributed by atoms with Crippen molar-refractivity contribution in [2.75, 3.05) is 25.0 Å². The number of benzene rings is 1. The summed E-state index contributed by atoms with van der Waals surface area (Å²) in [7, 11) is 0. The standard InChI is InChI=1S/C18H25FN4O2/c1-3-5-11-23(12-6-4-2)13-16(24)20-18-22-21-17(25-18)14-7-9-15(19)10-8-14/h7-10H,3-6,11-13H2,1-2H3,(H,20,22,24). The molecule has 0 spiro atoms. The molecule has 0 fully saturated rings. The van der Waals surface area contributed by atoms with Gasteiger partial charge in [-0.1, -0.05) is 31.8 Å². The molecule has 6 nitrogen and oxygen atoms in total. The summed E-state index contributed by atoms with van der Waals surface area (Å²) in [5.74, 6) is -0.276. The number of hydrogen-bond acceptors (Lipinski definition) is 5. The second-order valence-electron chi connectivity index (χ2n) is 5.95. The Hall–Kier alpha value is -2.28. The normalized spacial score (nSPS) is 11.0. The number of carbonyl (C=O) groups is 1. The van der Waals surface area contributed by atoms with Crippen molar-refractivity contribution in [3.05, 3.63) is 30.1 Å². The van der Waals surface area contributed by atoms with Crippen molar-refractivity contribution in [2.24, 2.45) is 0 Å². The van der Waals surface area contributed by atoms with Gasteiger partial charge in [0.15, 0.2) is 0 Å². The number of unbranched alkanes of at least 4 members (excludes halogenated alkanes) is 2. The Morgan fingerprint density at radius 1 is 1.12 bits per heavy atom. The average Bonchev–Trinajstić information content (AvgIpc) is 3.06. The van der Waals surface area contributed by atoms with Crippen LogP contribution in [0.3, 0.4) is 0 Å². The quantitative estimate of drug-likeness (QED) is 0.708. The van der Waals surface area contributed by atoms with Crippen LogP contribution in [0.1, 0.15) is 39.5 Å². The van der Waals surface area contributed by atoms with Gasteiger partial charge in [-0.2, -0.15) is 0 Å². The number of nitrogens with zero attached hydrogens (tertiary/aromatic N) is 3. The summed E-state index contributed by atoms with van der Waals surface area (Å²) in [6.45, 7) is 6.36. The van der Waals surface area contributed by atoms with Crippen LogP contribution in [0, 0.1) is 5.82 Å². The Morgan fingerprint density at radius 3 is 2.36 bits per heavy atom. The molecule has 2 rings (SSSR count). The third-order valence-electron chi connectivity index (χ3n) is 3.79. The molecule has 0 bridgehead atoms. The summed E-state index contributed by atoms with van der Waals surface area (Å²) in [4.78, 5) is 14.3. The minimum absolute atomic E-state index is 0.0512. The number of anilines is 1. The Balaban J connectivity index is 1.92. The van der Waals surface area contributed by atoms with Crippen LogP contribution in [0.25, 0.3) is 11.5 Å². The van der Waals surface area contributed by atoms with Gasteiger partial charge in [0.25, 0.3) is 0 Å². The van der Waals surface area contributed by atoms with E-state index in [4.69, 9.17) is 4.42 Å². The Kier molecular flexibility index (Phi) is 7.53. The van der Waals surface area contributed by atoms with Crippen molar-refractivity contribution in [1.29, 1.82) is 0 Å². The van der Waals surface area contributed by atoms with Gasteiger partial charge in [0.1, 0.15) is 5.82 Å². The molecule has 0 unspecified atom stereocenters. The third kappa shape index (κ3) is 6.26. The fraction of sp³-hybridized carbons (Fsp3) is 0.500. The van der Waals surface area contributed by atoms with Crippen LogP contribution in [-0.4, -0.2) is 40.6 Å². The molecule has 136 valence electrons. The van der Waals surface area contributed by atoms with Crippen molar-refractivity contribution in [1.82, 2.24) is 15.1 Å². The minimum atomic E-state index is -0.337. The van der Waals surface area contributed by atoms with Crippen LogP contribution in [0.5, 0.6) is 0 Å². The molecule has 1 heterocycles. The van der Waals surface area contributed by atoms with Gasteiger partial charge in [-0.05, 0) is 50.2 Å². The maximum Gasteiger partial charge on any atom is 0.322 e. The van der Waals surface area contributed by atoms with E-state index in [1.54, 1.807) is 12.1 Å². The summed E-state index contributed by atoms with van der Waals surface area (Å²) in [5, 5.41) is 10.3. The van der Waals surface area contributed by atoms with Crippen LogP contribution in [0.2, 0.25) is 0 Å². The number of hydrogen-bond donors (Lipinski definition) is 1. The summed E-state index contributed by atoms with van der Waals surface area (Å²) >= 11 is 0. The van der Waals surface area contributed by atoms with E-state index in [0.717, 1.165) is 38.8 Å². The van der Waals surface area contributed by atoms with E-state index in [1.165, 1.54) is 12.1 Å². The van der Waals surface area contributed by atoms with E-state index >= 15 is 0 Å². The van der Waals surface area contributed by atoms with Gasteiger partial charge in [-0.3, -0.25) is 15.0 Å². The van der Waals surface area contributed by atoms with Gasteiger partial charge in [-0.25, -0.2) is 4.39 Å². The minimum Gasteiger partial charge on any atom is -0.403 e. The van der Waals surface area contributed by atoms with Gasteiger partial charge < -0.3 is 4.42 Å². The molecule has 1 N–H and O–H groups in total. The summed E-state index contributed by atoms with van der Waals surface area (Å²) < 4.78 is 18.4. The van der Waals surface area contributed by atoms with Gasteiger partial charge >= 0.3 is 6.01 Å². The smallest absolute Gasteiger partial charge is 0.322 e. The highest BCUT2D eigenvalue weighted by molar-refractivity contribution is 5.90. The number of amides is 1. The SMILES string of the molecule is CCCCN(CCCC)CC(=O)Nc1nnc(-c2ccc(F)cc2)o1. The Labute approximate surface area is 147 Å². The van der Waals surface area contributed by atoms with E-state index in [2.05, 4.69) is 34.3 Å². The molecular formula is C18H25FN4O2. The molecule has 0 radical (unpaired) electrons. The first-order chi connectivity index (χ1) is 12.1. The fourth-order valence-electron chi connectivity index (χ4n) is 2.38. The number of halogens is 1. The predicted molar refractivity (Wildman–Crippen MR) is 94.6 cm³/mol. The largest absolute Gasteiger partial charge is 0.403 e. The topological polar surface area (TPSA) is 71.3 Å². The maximum absolute atomic E-state index is 12.9. The van der Waals surface area contributed by atoms with Crippen LogP contribution >= 0.6 is 0 Å². The first-order valence-corrected chi connectivity index (χ1v) is 8.74. The van der Waals surface area contributed by atoms with E-state index in [-0.39, 0.29) is 23.6 Å². The molecule has 0 aliphatic heterocycles. The zero-order valence-corrected chi connectivity index (χ0v) is 14.8. The molecule has 0 aliphatic carbocycles. The summed E-state index contributed by atoms with van der Waals surface area (Å²) in [6.07, 6.45) is 4.31. The summed E-state index contributed by atoms with van der Waals surface area (Å²) in [6, 6.07) is 5.78. The monoisotopic (exact) mass is 348 g/mol. The van der Waals surface area contributed by atoms with Crippen LogP contribution in [-0.2, 0) is 4.79 Å². The van der Waals surface area contributed by atoms with Crippen LogP contribution in [0.4, 0.5) is 10.4 Å². The maximum atomic E-state index is 12.9. The van der Waals surface area contributed by atoms with Crippen molar-refractivity contribution in [2.45, 2.75) is 39.5 Å². The zero-order chi connectivity index (χ0) is 18.1. The Morgan fingerprint density at radius 2 is 1.76 bits per heavy atom. The summed E-state index contributed by atoms with van der Waals surface area (Å²) in [5.41, 5.74) is 0.599. The lowest BCUT2D eigenvalue weighted by atomic mass is 10.2. The van der Waals surface area contributed by atoms with Crippen LogP contribution < -0.4 is 5.32 Å². The predicted octanol–water partition coefficient (Wildman–Crippen LogP) is 3.72. The highest BCUT2D eigenvalue weighted by Crippen LogP contribution is 2.19. The molecule has 1 aromatic carbocycles. The molecule has 2 aromatic rings. The van der Waals surface area contributed by atoms with E-state index in [9.17, 15) is 9.18 Å². The number of nitrogens with one attached hydrogen (secondary N) is 1. The molecule has 0 saturated heterocycles. The first kappa shape index (κ1) is 19.1. The lowest BCUT2D eigenvalue weighted by Crippen LogP contribution is -2.34. The molecule has 0 saturated carbocycles. The lowest BCUT2D eigenvalue weighted by Gasteiger charge is -2.20. The highest BCUT2D eigenvalue weighted by Gasteiger charge is 2.14. The average molecular weight is 348 g/mol. The van der Waals surface area contributed by atoms with Gasteiger partial charge in [0.2, 0.25) is 11.8 Å². The molecule has 25 heavy (non-hydrogen) atoms. The number of aromatic nitrogens is 2. The molecule has 0 aliphatic rings. The van der Waals surface area contributed by atoms with Gasteiger partial charge in [-0.15, -0.1) is 5.10 Å². The molecule has 7 heteroatoms. The Bertz CT molecular complexity index is 649. The second-order valence-corrected chi connectivity index (χ2v) is 5.95. The van der Waals surface area contributed by atoms with E-state index in [1.807, 2.05) is 0 Å². The van der Waals surface area contributed by atoms with Crippen molar-refractivity contribution in [3.8, 4) is 11.5 Å². The zero-order valence-electron chi connectivity index (χ0n) is 14.8. The molecule has 1 amide bonds. The van der Waals surface area contributed by atoms with E-state index in [0.29, 0.717) is 12.1 Å². The van der Waals surface area contributed by atoms with Crippen molar-refractivity contribution >= 4 is 11.9 Å². The first-order valence-electron chi connectivity index (χ1n) is 8.74. The molecular weight excluding hydrogens is 323 g/mol. The number of carbonyl (C=O) groups excluding carboxylic acids is 1. The lowest BCUT2D eigenvalue weighted by molar-refractivity contribution is -0.117. The van der Waals surface area contributed by atoms with Gasteiger partial charge in [0.05, 0.1) is 6.54 Å². The molecule has 0 atom stereocenters. The fourth-order valence-corrected chi connectivity index (χ4v) is 2.38. The van der Waals surface area contributed by atoms with Crippen molar-refractivity contribution < 1.29 is 13.6 Å². The van der Waals surface area contributed by atoms with Gasteiger partial charge in [0, 0.05) is 5.56 Å².